The van der Waals surface area contributed by atoms with Crippen molar-refractivity contribution in [1.82, 2.24) is 10.3 Å². The third-order valence-corrected chi connectivity index (χ3v) is 2.96. The lowest BCUT2D eigenvalue weighted by Crippen LogP contribution is -2.31. The highest BCUT2D eigenvalue weighted by Gasteiger charge is 2.06. The van der Waals surface area contributed by atoms with Gasteiger partial charge in [-0.25, -0.2) is 0 Å². The van der Waals surface area contributed by atoms with Crippen LogP contribution < -0.4 is 5.32 Å². The van der Waals surface area contributed by atoms with Gasteiger partial charge in [0, 0.05) is 38.0 Å². The maximum Gasteiger partial charge on any atom is 0.169 e. The largest absolute Gasteiger partial charge is 0.361 e. The van der Waals surface area contributed by atoms with E-state index in [4.69, 9.17) is 9.47 Å². The number of rotatable bonds is 8. The molecular formula is C15H22N2O2. The lowest BCUT2D eigenvalue weighted by molar-refractivity contribution is -0.133. The number of aromatic amines is 1. The molecule has 0 amide bonds. The summed E-state index contributed by atoms with van der Waals surface area (Å²) in [6.45, 7) is 6.81. The van der Waals surface area contributed by atoms with Gasteiger partial charge in [-0.1, -0.05) is 6.07 Å². The summed E-state index contributed by atoms with van der Waals surface area (Å²) < 4.78 is 11.0. The Morgan fingerprint density at radius 2 is 1.95 bits per heavy atom. The molecule has 0 saturated heterocycles. The second kappa shape index (κ2) is 7.28. The Hall–Kier alpha value is -1.36. The van der Waals surface area contributed by atoms with Gasteiger partial charge in [-0.3, -0.25) is 0 Å². The smallest absolute Gasteiger partial charge is 0.169 e. The Morgan fingerprint density at radius 1 is 1.16 bits per heavy atom. The molecular weight excluding hydrogens is 240 g/mol. The van der Waals surface area contributed by atoms with Crippen LogP contribution in [-0.2, 0) is 16.0 Å². The van der Waals surface area contributed by atoms with Crippen molar-refractivity contribution < 1.29 is 9.47 Å². The van der Waals surface area contributed by atoms with Crippen molar-refractivity contribution in [3.8, 4) is 0 Å². The number of hydrogen-bond acceptors (Lipinski definition) is 3. The molecule has 104 valence electrons. The van der Waals surface area contributed by atoms with E-state index in [-0.39, 0.29) is 6.29 Å². The molecule has 4 heteroatoms. The van der Waals surface area contributed by atoms with E-state index in [0.717, 1.165) is 6.54 Å². The molecule has 0 aliphatic carbocycles. The fourth-order valence-electron chi connectivity index (χ4n) is 2.08. The van der Waals surface area contributed by atoms with Gasteiger partial charge in [0.2, 0.25) is 0 Å². The van der Waals surface area contributed by atoms with Crippen molar-refractivity contribution in [3.63, 3.8) is 0 Å². The van der Waals surface area contributed by atoms with Gasteiger partial charge in [-0.05, 0) is 43.0 Å². The SMILES string of the molecule is CCOC(CNCc1ccc2[nH]ccc2c1)OCC. The van der Waals surface area contributed by atoms with Gasteiger partial charge in [0.15, 0.2) is 6.29 Å². The standard InChI is InChI=1S/C15H22N2O2/c1-3-18-15(19-4-2)11-16-10-12-5-6-14-13(9-12)7-8-17-14/h5-9,15-17H,3-4,10-11H2,1-2H3. The van der Waals surface area contributed by atoms with Crippen molar-refractivity contribution in [2.75, 3.05) is 19.8 Å². The predicted octanol–water partition coefficient (Wildman–Crippen LogP) is 2.66. The zero-order chi connectivity index (χ0) is 13.5. The van der Waals surface area contributed by atoms with Crippen LogP contribution in [0.2, 0.25) is 0 Å². The van der Waals surface area contributed by atoms with Crippen molar-refractivity contribution in [2.45, 2.75) is 26.7 Å². The van der Waals surface area contributed by atoms with Crippen LogP contribution in [-0.4, -0.2) is 31.0 Å². The van der Waals surface area contributed by atoms with Gasteiger partial charge in [-0.15, -0.1) is 0 Å². The molecule has 1 heterocycles. The maximum absolute atomic E-state index is 5.49. The van der Waals surface area contributed by atoms with Gasteiger partial charge in [0.25, 0.3) is 0 Å². The first-order chi connectivity index (χ1) is 9.33. The molecule has 0 radical (unpaired) electrons. The molecule has 0 aliphatic rings. The van der Waals surface area contributed by atoms with Crippen LogP contribution >= 0.6 is 0 Å². The van der Waals surface area contributed by atoms with Crippen LogP contribution in [0, 0.1) is 0 Å². The highest BCUT2D eigenvalue weighted by Crippen LogP contribution is 2.14. The second-order valence-electron chi connectivity index (χ2n) is 4.37. The van der Waals surface area contributed by atoms with Crippen LogP contribution in [0.1, 0.15) is 19.4 Å². The fraction of sp³-hybridized carbons (Fsp3) is 0.467. The Kier molecular flexibility index (Phi) is 5.39. The first-order valence-corrected chi connectivity index (χ1v) is 6.83. The third-order valence-electron chi connectivity index (χ3n) is 2.96. The molecule has 0 atom stereocenters. The normalized spacial score (nSPS) is 11.5. The van der Waals surface area contributed by atoms with Crippen LogP contribution in [0.4, 0.5) is 0 Å². The molecule has 0 spiro atoms. The number of fused-ring (bicyclic) bond motifs is 1. The Bertz CT molecular complexity index is 490. The lowest BCUT2D eigenvalue weighted by atomic mass is 10.1. The van der Waals surface area contributed by atoms with Crippen molar-refractivity contribution >= 4 is 10.9 Å². The minimum Gasteiger partial charge on any atom is -0.361 e. The zero-order valence-corrected chi connectivity index (χ0v) is 11.6. The van der Waals surface area contributed by atoms with Crippen LogP contribution in [0.5, 0.6) is 0 Å². The summed E-state index contributed by atoms with van der Waals surface area (Å²) in [6.07, 6.45) is 1.80. The van der Waals surface area contributed by atoms with Crippen LogP contribution in [0.15, 0.2) is 30.5 Å². The van der Waals surface area contributed by atoms with Crippen LogP contribution in [0.3, 0.4) is 0 Å². The second-order valence-corrected chi connectivity index (χ2v) is 4.37. The number of ether oxygens (including phenoxy) is 2. The highest BCUT2D eigenvalue weighted by atomic mass is 16.7. The van der Waals surface area contributed by atoms with Crippen molar-refractivity contribution in [3.05, 3.63) is 36.0 Å². The van der Waals surface area contributed by atoms with Gasteiger partial charge in [0.05, 0.1) is 0 Å². The average molecular weight is 262 g/mol. The van der Waals surface area contributed by atoms with E-state index in [1.54, 1.807) is 0 Å². The van der Waals surface area contributed by atoms with E-state index >= 15 is 0 Å². The Balaban J connectivity index is 1.83. The first-order valence-electron chi connectivity index (χ1n) is 6.83. The number of hydrogen-bond donors (Lipinski definition) is 2. The summed E-state index contributed by atoms with van der Waals surface area (Å²) in [5.41, 5.74) is 2.43. The summed E-state index contributed by atoms with van der Waals surface area (Å²) in [5, 5.41) is 4.61. The van der Waals surface area contributed by atoms with Crippen LogP contribution in [0.25, 0.3) is 10.9 Å². The molecule has 0 saturated carbocycles. The number of aromatic nitrogens is 1. The van der Waals surface area contributed by atoms with Gasteiger partial charge < -0.3 is 19.8 Å². The summed E-state index contributed by atoms with van der Waals surface area (Å²) in [6, 6.07) is 8.51. The first kappa shape index (κ1) is 14.1. The predicted molar refractivity (Wildman–Crippen MR) is 77.0 cm³/mol. The van der Waals surface area contributed by atoms with Crippen molar-refractivity contribution in [2.24, 2.45) is 0 Å². The zero-order valence-electron chi connectivity index (χ0n) is 11.6. The van der Waals surface area contributed by atoms with Gasteiger partial charge >= 0.3 is 0 Å². The van der Waals surface area contributed by atoms with E-state index in [1.807, 2.05) is 20.0 Å². The molecule has 2 rings (SSSR count). The summed E-state index contributed by atoms with van der Waals surface area (Å²) in [4.78, 5) is 3.19. The molecule has 1 aromatic carbocycles. The van der Waals surface area contributed by atoms with E-state index in [2.05, 4.69) is 34.6 Å². The molecule has 4 nitrogen and oxygen atoms in total. The highest BCUT2D eigenvalue weighted by molar-refractivity contribution is 5.79. The molecule has 0 aliphatic heterocycles. The molecule has 1 aromatic heterocycles. The topological polar surface area (TPSA) is 46.3 Å². The monoisotopic (exact) mass is 262 g/mol. The number of nitrogens with one attached hydrogen (secondary N) is 2. The van der Waals surface area contributed by atoms with E-state index in [1.165, 1.54) is 16.5 Å². The van der Waals surface area contributed by atoms with Gasteiger partial charge in [0.1, 0.15) is 0 Å². The maximum atomic E-state index is 5.49. The summed E-state index contributed by atoms with van der Waals surface area (Å²) in [7, 11) is 0. The summed E-state index contributed by atoms with van der Waals surface area (Å²) >= 11 is 0. The molecule has 0 fully saturated rings. The molecule has 19 heavy (non-hydrogen) atoms. The fourth-order valence-corrected chi connectivity index (χ4v) is 2.08. The molecule has 0 unspecified atom stereocenters. The minimum absolute atomic E-state index is 0.161. The number of H-pyrrole nitrogens is 1. The quantitative estimate of drug-likeness (QED) is 0.719. The third kappa shape index (κ3) is 4.06. The van der Waals surface area contributed by atoms with E-state index in [9.17, 15) is 0 Å². The molecule has 2 N–H and O–H groups in total. The van der Waals surface area contributed by atoms with E-state index < -0.39 is 0 Å². The minimum atomic E-state index is -0.161. The Morgan fingerprint density at radius 3 is 2.68 bits per heavy atom. The van der Waals surface area contributed by atoms with Crippen molar-refractivity contribution in [1.29, 1.82) is 0 Å². The number of benzene rings is 1. The molecule has 0 bridgehead atoms. The molecule has 2 aromatic rings. The van der Waals surface area contributed by atoms with E-state index in [0.29, 0.717) is 19.8 Å². The Labute approximate surface area is 114 Å². The lowest BCUT2D eigenvalue weighted by Gasteiger charge is -2.17. The summed E-state index contributed by atoms with van der Waals surface area (Å²) in [5.74, 6) is 0. The average Bonchev–Trinajstić information content (AvgIpc) is 2.86. The van der Waals surface area contributed by atoms with Gasteiger partial charge in [-0.2, -0.15) is 0 Å².